The lowest BCUT2D eigenvalue weighted by atomic mass is 9.73. The van der Waals surface area contributed by atoms with Crippen LogP contribution in [0.5, 0.6) is 0 Å². The molecule has 2 aromatic carbocycles. The lowest BCUT2D eigenvalue weighted by Gasteiger charge is -2.39. The van der Waals surface area contributed by atoms with Gasteiger partial charge >= 0.3 is 0 Å². The maximum Gasteiger partial charge on any atom is 0.119 e. The summed E-state index contributed by atoms with van der Waals surface area (Å²) in [5.74, 6) is 0.123. The smallest absolute Gasteiger partial charge is 0.119 e. The Morgan fingerprint density at radius 3 is 1.83 bits per heavy atom. The third-order valence-corrected chi connectivity index (χ3v) is 5.56. The van der Waals surface area contributed by atoms with Gasteiger partial charge in [-0.05, 0) is 62.0 Å². The van der Waals surface area contributed by atoms with Crippen LogP contribution in [0.1, 0.15) is 42.0 Å². The summed E-state index contributed by atoms with van der Waals surface area (Å²) in [4.78, 5) is 2.49. The molecule has 2 aromatic rings. The van der Waals surface area contributed by atoms with Gasteiger partial charge in [-0.15, -0.1) is 0 Å². The van der Waals surface area contributed by atoms with Crippen LogP contribution in [0.2, 0.25) is 0 Å². The number of hydrogen-bond acceptors (Lipinski definition) is 2. The van der Waals surface area contributed by atoms with E-state index in [0.717, 1.165) is 41.9 Å². The van der Waals surface area contributed by atoms with Gasteiger partial charge < -0.3 is 10.0 Å². The molecule has 0 bridgehead atoms. The summed E-state index contributed by atoms with van der Waals surface area (Å²) in [6.07, 6.45) is 2.56. The van der Waals surface area contributed by atoms with Crippen molar-refractivity contribution >= 4 is 0 Å². The quantitative estimate of drug-likeness (QED) is 0.888. The molecule has 1 aliphatic heterocycles. The van der Waals surface area contributed by atoms with Gasteiger partial charge in [-0.25, -0.2) is 0 Å². The molecule has 0 spiro atoms. The van der Waals surface area contributed by atoms with Gasteiger partial charge in [0.15, 0.2) is 0 Å². The Morgan fingerprint density at radius 2 is 1.38 bits per heavy atom. The summed E-state index contributed by atoms with van der Waals surface area (Å²) in [7, 11) is 0. The van der Waals surface area contributed by atoms with Crippen LogP contribution in [0.3, 0.4) is 0 Å². The van der Waals surface area contributed by atoms with E-state index in [1.54, 1.807) is 0 Å². The van der Waals surface area contributed by atoms with E-state index in [9.17, 15) is 5.11 Å². The lowest BCUT2D eigenvalue weighted by molar-refractivity contribution is 0.00935. The molecule has 0 aromatic heterocycles. The molecule has 1 heterocycles. The summed E-state index contributed by atoms with van der Waals surface area (Å²) in [6.45, 7) is 9.63. The Bertz CT molecular complexity index is 642. The fraction of sp³-hybridized carbons (Fsp3) is 0.455. The fourth-order valence-electron chi connectivity index (χ4n) is 4.16. The van der Waals surface area contributed by atoms with Crippen molar-refractivity contribution in [3.05, 3.63) is 70.8 Å². The van der Waals surface area contributed by atoms with E-state index in [4.69, 9.17) is 0 Å². The summed E-state index contributed by atoms with van der Waals surface area (Å²) in [5, 5.41) is 12.0. The van der Waals surface area contributed by atoms with Crippen LogP contribution in [0.15, 0.2) is 48.5 Å². The zero-order chi connectivity index (χ0) is 17.2. The molecule has 128 valence electrons. The summed E-state index contributed by atoms with van der Waals surface area (Å²) < 4.78 is 0. The van der Waals surface area contributed by atoms with Crippen molar-refractivity contribution in [3.63, 3.8) is 0 Å². The Morgan fingerprint density at radius 1 is 0.917 bits per heavy atom. The first kappa shape index (κ1) is 17.2. The second-order valence-electron chi connectivity index (χ2n) is 7.30. The monoisotopic (exact) mass is 323 g/mol. The average molecular weight is 323 g/mol. The molecule has 1 N–H and O–H groups in total. The lowest BCUT2D eigenvalue weighted by Crippen LogP contribution is -2.42. The molecule has 1 atom stereocenters. The molecule has 0 aliphatic carbocycles. The van der Waals surface area contributed by atoms with Crippen LogP contribution in [0.4, 0.5) is 0 Å². The summed E-state index contributed by atoms with van der Waals surface area (Å²) >= 11 is 0. The Labute approximate surface area is 146 Å². The number of rotatable bonds is 5. The first-order chi connectivity index (χ1) is 11.5. The average Bonchev–Trinajstić information content (AvgIpc) is 3.08. The molecule has 24 heavy (non-hydrogen) atoms. The zero-order valence-corrected chi connectivity index (χ0v) is 15.1. The summed E-state index contributed by atoms with van der Waals surface area (Å²) in [6, 6.07) is 16.5. The van der Waals surface area contributed by atoms with Crippen molar-refractivity contribution in [2.24, 2.45) is 5.92 Å². The largest absolute Gasteiger partial charge is 0.380 e. The predicted octanol–water partition coefficient (Wildman–Crippen LogP) is 4.27. The van der Waals surface area contributed by atoms with Crippen LogP contribution in [0.25, 0.3) is 0 Å². The maximum absolute atomic E-state index is 12.0. The molecule has 1 unspecified atom stereocenters. The van der Waals surface area contributed by atoms with Crippen molar-refractivity contribution in [1.82, 2.24) is 4.90 Å². The van der Waals surface area contributed by atoms with Gasteiger partial charge in [0.1, 0.15) is 5.60 Å². The Kier molecular flexibility index (Phi) is 5.07. The molecule has 0 amide bonds. The van der Waals surface area contributed by atoms with E-state index in [0.29, 0.717) is 0 Å². The molecule has 1 fully saturated rings. The minimum atomic E-state index is -0.959. The highest BCUT2D eigenvalue weighted by molar-refractivity contribution is 5.44. The van der Waals surface area contributed by atoms with Gasteiger partial charge in [-0.2, -0.15) is 0 Å². The molecule has 2 nitrogen and oxygen atoms in total. The highest BCUT2D eigenvalue weighted by atomic mass is 16.3. The second-order valence-corrected chi connectivity index (χ2v) is 7.30. The minimum Gasteiger partial charge on any atom is -0.380 e. The molecule has 3 rings (SSSR count). The number of benzene rings is 2. The van der Waals surface area contributed by atoms with Gasteiger partial charge in [-0.1, -0.05) is 55.5 Å². The van der Waals surface area contributed by atoms with Gasteiger partial charge in [0.25, 0.3) is 0 Å². The summed E-state index contributed by atoms with van der Waals surface area (Å²) in [5.41, 5.74) is 3.41. The van der Waals surface area contributed by atoms with E-state index < -0.39 is 5.60 Å². The third kappa shape index (κ3) is 3.13. The van der Waals surface area contributed by atoms with E-state index in [-0.39, 0.29) is 5.92 Å². The van der Waals surface area contributed by atoms with E-state index in [2.05, 4.69) is 49.9 Å². The van der Waals surface area contributed by atoms with Gasteiger partial charge in [0.05, 0.1) is 0 Å². The van der Waals surface area contributed by atoms with E-state index in [1.165, 1.54) is 12.8 Å². The van der Waals surface area contributed by atoms with Gasteiger partial charge in [0, 0.05) is 12.5 Å². The maximum atomic E-state index is 12.0. The van der Waals surface area contributed by atoms with Gasteiger partial charge in [0.2, 0.25) is 0 Å². The SMILES string of the molecule is Cc1ccccc1C(O)(c1ccccc1C)C(C)CN1CCCC1. The van der Waals surface area contributed by atoms with Crippen LogP contribution in [-0.2, 0) is 5.60 Å². The normalized spacial score (nSPS) is 17.2. The van der Waals surface area contributed by atoms with Crippen LogP contribution < -0.4 is 0 Å². The predicted molar refractivity (Wildman–Crippen MR) is 100 cm³/mol. The number of aryl methyl sites for hydroxylation is 2. The molecule has 0 radical (unpaired) electrons. The molecule has 1 aliphatic rings. The minimum absolute atomic E-state index is 0.123. The fourth-order valence-corrected chi connectivity index (χ4v) is 4.16. The first-order valence-corrected chi connectivity index (χ1v) is 9.10. The van der Waals surface area contributed by atoms with Crippen molar-refractivity contribution in [1.29, 1.82) is 0 Å². The zero-order valence-electron chi connectivity index (χ0n) is 15.1. The second kappa shape index (κ2) is 7.08. The highest BCUT2D eigenvalue weighted by Gasteiger charge is 2.40. The number of nitrogens with zero attached hydrogens (tertiary/aromatic N) is 1. The van der Waals surface area contributed by atoms with Crippen LogP contribution >= 0.6 is 0 Å². The molecule has 2 heteroatoms. The van der Waals surface area contributed by atoms with Crippen molar-refractivity contribution in [3.8, 4) is 0 Å². The first-order valence-electron chi connectivity index (χ1n) is 9.10. The molecule has 1 saturated heterocycles. The van der Waals surface area contributed by atoms with E-state index >= 15 is 0 Å². The third-order valence-electron chi connectivity index (χ3n) is 5.56. The standard InChI is InChI=1S/C22H29NO/c1-17-10-4-6-12-20(17)22(24,21-13-7-5-11-18(21)2)19(3)16-23-14-8-9-15-23/h4-7,10-13,19,24H,8-9,14-16H2,1-3H3. The van der Waals surface area contributed by atoms with Crippen molar-refractivity contribution < 1.29 is 5.11 Å². The Hall–Kier alpha value is -1.64. The number of aliphatic hydroxyl groups is 1. The Balaban J connectivity index is 2.06. The van der Waals surface area contributed by atoms with Crippen LogP contribution in [0, 0.1) is 19.8 Å². The van der Waals surface area contributed by atoms with E-state index in [1.807, 2.05) is 24.3 Å². The number of hydrogen-bond donors (Lipinski definition) is 1. The molecule has 0 saturated carbocycles. The molecular formula is C22H29NO. The molecular weight excluding hydrogens is 294 g/mol. The highest BCUT2D eigenvalue weighted by Crippen LogP contribution is 2.40. The topological polar surface area (TPSA) is 23.5 Å². The van der Waals surface area contributed by atoms with Crippen LogP contribution in [-0.4, -0.2) is 29.6 Å². The number of likely N-dealkylation sites (tertiary alicyclic amines) is 1. The van der Waals surface area contributed by atoms with Crippen molar-refractivity contribution in [2.75, 3.05) is 19.6 Å². The van der Waals surface area contributed by atoms with Gasteiger partial charge in [-0.3, -0.25) is 0 Å². The van der Waals surface area contributed by atoms with Crippen molar-refractivity contribution in [2.45, 2.75) is 39.2 Å².